The molecule has 8 heteroatoms. The van der Waals surface area contributed by atoms with Crippen molar-refractivity contribution in [3.8, 4) is 17.7 Å². The smallest absolute Gasteiger partial charge is 0.473 e. The Kier molecular flexibility index (Phi) is 4.91. The molecule has 23 heavy (non-hydrogen) atoms. The minimum atomic E-state index is -4.81. The number of benzene rings is 1. The molecule has 2 rings (SSSR count). The van der Waals surface area contributed by atoms with Crippen LogP contribution in [0.3, 0.4) is 0 Å². The van der Waals surface area contributed by atoms with Crippen molar-refractivity contribution in [2.75, 3.05) is 12.4 Å². The first-order chi connectivity index (χ1) is 10.9. The van der Waals surface area contributed by atoms with Crippen LogP contribution < -0.4 is 14.8 Å². The quantitative estimate of drug-likeness (QED) is 0.912. The van der Waals surface area contributed by atoms with E-state index >= 15 is 0 Å². The van der Waals surface area contributed by atoms with E-state index < -0.39 is 6.36 Å². The fraction of sp³-hybridized carbons (Fsp3) is 0.200. The number of hydrogen-bond donors (Lipinski definition) is 1. The van der Waals surface area contributed by atoms with Crippen LogP contribution in [0.5, 0.6) is 11.6 Å². The van der Waals surface area contributed by atoms with Crippen molar-refractivity contribution in [2.24, 2.45) is 0 Å². The van der Waals surface area contributed by atoms with E-state index in [0.717, 1.165) is 0 Å². The molecule has 0 aliphatic rings. The van der Waals surface area contributed by atoms with E-state index in [1.54, 1.807) is 19.2 Å². The number of nitrogens with one attached hydrogen (secondary N) is 1. The summed E-state index contributed by atoms with van der Waals surface area (Å²) in [6.07, 6.45) is -4.81. The summed E-state index contributed by atoms with van der Waals surface area (Å²) in [5.41, 5.74) is 0.774. The highest BCUT2D eigenvalue weighted by Gasteiger charge is 2.32. The lowest BCUT2D eigenvalue weighted by Crippen LogP contribution is -2.19. The lowest BCUT2D eigenvalue weighted by molar-refractivity contribution is -0.275. The molecule has 1 N–H and O–H groups in total. The molecule has 0 saturated carbocycles. The molecule has 5 nitrogen and oxygen atoms in total. The van der Waals surface area contributed by atoms with Gasteiger partial charge in [-0.2, -0.15) is 5.26 Å². The van der Waals surface area contributed by atoms with Gasteiger partial charge in [0.05, 0.1) is 5.56 Å². The summed E-state index contributed by atoms with van der Waals surface area (Å²) < 4.78 is 46.9. The number of nitrogens with zero attached hydrogens (tertiary/aromatic N) is 2. The molecular weight excluding hydrogens is 311 g/mol. The Balaban J connectivity index is 2.25. The highest BCUT2D eigenvalue weighted by molar-refractivity contribution is 5.57. The average molecular weight is 323 g/mol. The van der Waals surface area contributed by atoms with Crippen LogP contribution in [0.15, 0.2) is 36.4 Å². The highest BCUT2D eigenvalue weighted by Crippen LogP contribution is 2.31. The van der Waals surface area contributed by atoms with Gasteiger partial charge in [0.15, 0.2) is 0 Å². The van der Waals surface area contributed by atoms with Crippen LogP contribution in [-0.4, -0.2) is 18.4 Å². The van der Waals surface area contributed by atoms with Crippen molar-refractivity contribution in [2.45, 2.75) is 13.0 Å². The van der Waals surface area contributed by atoms with Crippen molar-refractivity contribution in [1.29, 1.82) is 5.26 Å². The topological polar surface area (TPSA) is 67.2 Å². The third-order valence-corrected chi connectivity index (χ3v) is 2.83. The number of halogens is 3. The van der Waals surface area contributed by atoms with Gasteiger partial charge in [-0.1, -0.05) is 12.1 Å². The molecule has 0 bridgehead atoms. The zero-order valence-corrected chi connectivity index (χ0v) is 12.0. The summed E-state index contributed by atoms with van der Waals surface area (Å²) in [6.45, 7) is -0.204. The van der Waals surface area contributed by atoms with E-state index in [9.17, 15) is 13.2 Å². The zero-order chi connectivity index (χ0) is 16.9. The van der Waals surface area contributed by atoms with Crippen LogP contribution in [0, 0.1) is 11.3 Å². The van der Waals surface area contributed by atoms with Crippen molar-refractivity contribution in [3.63, 3.8) is 0 Å². The molecule has 0 saturated heterocycles. The average Bonchev–Trinajstić information content (AvgIpc) is 2.52. The van der Waals surface area contributed by atoms with Crippen LogP contribution in [-0.2, 0) is 6.61 Å². The first kappa shape index (κ1) is 16.4. The lowest BCUT2D eigenvalue weighted by atomic mass is 10.1. The third kappa shape index (κ3) is 4.51. The maximum absolute atomic E-state index is 12.5. The van der Waals surface area contributed by atoms with Crippen molar-refractivity contribution >= 4 is 5.69 Å². The fourth-order valence-corrected chi connectivity index (χ4v) is 1.87. The molecule has 0 radical (unpaired) electrons. The second-order valence-electron chi connectivity index (χ2n) is 4.34. The normalized spacial score (nSPS) is 10.7. The van der Waals surface area contributed by atoms with Crippen molar-refractivity contribution < 1.29 is 22.6 Å². The van der Waals surface area contributed by atoms with E-state index in [4.69, 9.17) is 10.00 Å². The molecule has 0 fully saturated rings. The van der Waals surface area contributed by atoms with Crippen LogP contribution in [0.4, 0.5) is 18.9 Å². The molecule has 0 amide bonds. The zero-order valence-electron chi connectivity index (χ0n) is 12.0. The predicted molar refractivity (Wildman–Crippen MR) is 76.0 cm³/mol. The van der Waals surface area contributed by atoms with Gasteiger partial charge in [-0.05, 0) is 18.2 Å². The Morgan fingerprint density at radius 2 is 1.96 bits per heavy atom. The summed E-state index contributed by atoms with van der Waals surface area (Å²) in [5, 5.41) is 11.6. The fourth-order valence-electron chi connectivity index (χ4n) is 1.87. The second-order valence-corrected chi connectivity index (χ2v) is 4.34. The minimum Gasteiger partial charge on any atom is -0.473 e. The van der Waals surface area contributed by atoms with Gasteiger partial charge in [-0.3, -0.25) is 0 Å². The maximum Gasteiger partial charge on any atom is 0.573 e. The molecule has 0 atom stereocenters. The number of pyridine rings is 1. The highest BCUT2D eigenvalue weighted by atomic mass is 19.4. The number of alkyl halides is 3. The van der Waals surface area contributed by atoms with Crippen molar-refractivity contribution in [3.05, 3.63) is 47.7 Å². The molecule has 1 heterocycles. The number of nitriles is 1. The monoisotopic (exact) mass is 323 g/mol. The van der Waals surface area contributed by atoms with Crippen LogP contribution >= 0.6 is 0 Å². The first-order valence-corrected chi connectivity index (χ1v) is 6.48. The van der Waals surface area contributed by atoms with Gasteiger partial charge in [0, 0.05) is 18.8 Å². The number of aromatic nitrogens is 1. The van der Waals surface area contributed by atoms with Crippen LogP contribution in [0.25, 0.3) is 0 Å². The van der Waals surface area contributed by atoms with Gasteiger partial charge in [0.25, 0.3) is 0 Å². The molecule has 0 aliphatic heterocycles. The van der Waals surface area contributed by atoms with E-state index in [1.165, 1.54) is 24.3 Å². The summed E-state index contributed by atoms with van der Waals surface area (Å²) in [7, 11) is 1.57. The summed E-state index contributed by atoms with van der Waals surface area (Å²) in [5.74, 6) is -0.228. The van der Waals surface area contributed by atoms with E-state index in [2.05, 4.69) is 15.0 Å². The van der Waals surface area contributed by atoms with Gasteiger partial charge in [0.1, 0.15) is 24.1 Å². The molecule has 1 aromatic heterocycles. The second kappa shape index (κ2) is 6.87. The Labute approximate surface area is 130 Å². The number of ether oxygens (including phenoxy) is 2. The Hall–Kier alpha value is -2.95. The summed E-state index contributed by atoms with van der Waals surface area (Å²) in [6, 6.07) is 10.7. The minimum absolute atomic E-state index is 0.132. The molecule has 0 spiro atoms. The lowest BCUT2D eigenvalue weighted by Gasteiger charge is -2.16. The molecule has 1 aromatic carbocycles. The maximum atomic E-state index is 12.5. The van der Waals surface area contributed by atoms with Gasteiger partial charge < -0.3 is 14.8 Å². The largest absolute Gasteiger partial charge is 0.573 e. The van der Waals surface area contributed by atoms with Gasteiger partial charge >= 0.3 is 6.36 Å². The predicted octanol–water partition coefficient (Wildman–Crippen LogP) is 3.47. The first-order valence-electron chi connectivity index (χ1n) is 6.48. The van der Waals surface area contributed by atoms with Gasteiger partial charge in [0.2, 0.25) is 5.88 Å². The Morgan fingerprint density at radius 3 is 2.61 bits per heavy atom. The summed E-state index contributed by atoms with van der Waals surface area (Å²) in [4.78, 5) is 3.90. The number of anilines is 1. The third-order valence-electron chi connectivity index (χ3n) is 2.83. The van der Waals surface area contributed by atoms with Crippen LogP contribution in [0.1, 0.15) is 11.3 Å². The Bertz CT molecular complexity index is 727. The van der Waals surface area contributed by atoms with Gasteiger partial charge in [-0.15, -0.1) is 13.2 Å². The molecule has 2 aromatic rings. The standard InChI is InChI=1S/C15H12F3N3O2/c1-20-12-5-3-6-13(23-15(16,17)18)11(12)9-22-14-7-2-4-10(8-19)21-14/h2-7,20H,9H2,1H3. The van der Waals surface area contributed by atoms with Gasteiger partial charge in [-0.25, -0.2) is 4.98 Å². The molecule has 0 unspecified atom stereocenters. The molecule has 120 valence electrons. The van der Waals surface area contributed by atoms with E-state index in [1.807, 2.05) is 6.07 Å². The Morgan fingerprint density at radius 1 is 1.22 bits per heavy atom. The van der Waals surface area contributed by atoms with Crippen molar-refractivity contribution in [1.82, 2.24) is 4.98 Å². The summed E-state index contributed by atoms with van der Waals surface area (Å²) >= 11 is 0. The number of rotatable bonds is 5. The number of hydrogen-bond acceptors (Lipinski definition) is 5. The van der Waals surface area contributed by atoms with E-state index in [-0.39, 0.29) is 29.5 Å². The SMILES string of the molecule is CNc1cccc(OC(F)(F)F)c1COc1cccc(C#N)n1. The molecular formula is C15H12F3N3O2. The van der Waals surface area contributed by atoms with E-state index in [0.29, 0.717) is 5.69 Å². The van der Waals surface area contributed by atoms with Crippen LogP contribution in [0.2, 0.25) is 0 Å². The molecule has 0 aliphatic carbocycles.